The van der Waals surface area contributed by atoms with Crippen molar-refractivity contribution in [3.8, 4) is 0 Å². The molecule has 2 aromatic rings. The summed E-state index contributed by atoms with van der Waals surface area (Å²) in [5.41, 5.74) is 0.264. The highest BCUT2D eigenvalue weighted by molar-refractivity contribution is 7.99. The molecule has 2 rings (SSSR count). The van der Waals surface area contributed by atoms with Gasteiger partial charge >= 0.3 is 6.18 Å². The van der Waals surface area contributed by atoms with Gasteiger partial charge in [0.2, 0.25) is 5.91 Å². The highest BCUT2D eigenvalue weighted by atomic mass is 32.2. The molecule has 0 atom stereocenters. The third kappa shape index (κ3) is 5.10. The molecule has 0 unspecified atom stereocenters. The molecular formula is C14H14F3N3O2S2. The Morgan fingerprint density at radius 1 is 1.50 bits per heavy atom. The molecule has 5 nitrogen and oxygen atoms in total. The molecular weight excluding hydrogens is 363 g/mol. The van der Waals surface area contributed by atoms with Crippen LogP contribution in [0.2, 0.25) is 0 Å². The zero-order valence-electron chi connectivity index (χ0n) is 12.5. The molecule has 0 aliphatic carbocycles. The van der Waals surface area contributed by atoms with Crippen LogP contribution in [0.25, 0.3) is 4.96 Å². The zero-order valence-corrected chi connectivity index (χ0v) is 14.1. The number of amides is 1. The molecule has 130 valence electrons. The SMILES string of the molecule is C=CCN(CC(F)(F)F)C(=O)CSCc1cc(=O)n2ccsc2n1. The van der Waals surface area contributed by atoms with Crippen LogP contribution >= 0.6 is 23.1 Å². The van der Waals surface area contributed by atoms with Gasteiger partial charge in [0, 0.05) is 29.9 Å². The van der Waals surface area contributed by atoms with Gasteiger partial charge in [0.05, 0.1) is 11.4 Å². The molecule has 10 heteroatoms. The van der Waals surface area contributed by atoms with Gasteiger partial charge in [0.15, 0.2) is 4.96 Å². The number of thiazole rings is 1. The van der Waals surface area contributed by atoms with Crippen LogP contribution in [-0.4, -0.2) is 45.2 Å². The van der Waals surface area contributed by atoms with Gasteiger partial charge in [-0.05, 0) is 0 Å². The Bertz CT molecular complexity index is 785. The fraction of sp³-hybridized carbons (Fsp3) is 0.357. The van der Waals surface area contributed by atoms with Gasteiger partial charge in [0.25, 0.3) is 5.56 Å². The molecule has 0 spiro atoms. The first kappa shape index (κ1) is 18.5. The van der Waals surface area contributed by atoms with Crippen molar-refractivity contribution in [1.29, 1.82) is 0 Å². The summed E-state index contributed by atoms with van der Waals surface area (Å²) in [7, 11) is 0. The van der Waals surface area contributed by atoms with Crippen molar-refractivity contribution in [1.82, 2.24) is 14.3 Å². The van der Waals surface area contributed by atoms with Crippen LogP contribution in [0, 0.1) is 0 Å². The van der Waals surface area contributed by atoms with Crippen molar-refractivity contribution in [2.24, 2.45) is 0 Å². The van der Waals surface area contributed by atoms with Crippen molar-refractivity contribution in [3.05, 3.63) is 46.3 Å². The van der Waals surface area contributed by atoms with Crippen molar-refractivity contribution in [3.63, 3.8) is 0 Å². The highest BCUT2D eigenvalue weighted by Gasteiger charge is 2.32. The molecule has 0 radical (unpaired) electrons. The Balaban J connectivity index is 1.94. The second kappa shape index (κ2) is 7.84. The molecule has 2 heterocycles. The van der Waals surface area contributed by atoms with E-state index in [0.717, 1.165) is 11.8 Å². The molecule has 0 bridgehead atoms. The van der Waals surface area contributed by atoms with Gasteiger partial charge in [-0.1, -0.05) is 6.08 Å². The number of carbonyl (C=O) groups is 1. The molecule has 0 aliphatic heterocycles. The van der Waals surface area contributed by atoms with Gasteiger partial charge in [-0.15, -0.1) is 29.7 Å². The van der Waals surface area contributed by atoms with E-state index in [2.05, 4.69) is 11.6 Å². The van der Waals surface area contributed by atoms with E-state index in [4.69, 9.17) is 0 Å². The minimum Gasteiger partial charge on any atom is -0.329 e. The Kier molecular flexibility index (Phi) is 6.05. The number of nitrogens with zero attached hydrogens (tertiary/aromatic N) is 3. The second-order valence-corrected chi connectivity index (χ2v) is 6.67. The number of hydrogen-bond acceptors (Lipinski definition) is 5. The summed E-state index contributed by atoms with van der Waals surface area (Å²) in [6.07, 6.45) is -1.59. The number of aromatic nitrogens is 2. The monoisotopic (exact) mass is 377 g/mol. The molecule has 0 saturated heterocycles. The molecule has 0 saturated carbocycles. The van der Waals surface area contributed by atoms with Crippen LogP contribution in [0.4, 0.5) is 13.2 Å². The number of thioether (sulfide) groups is 1. The summed E-state index contributed by atoms with van der Waals surface area (Å²) >= 11 is 2.42. The van der Waals surface area contributed by atoms with Gasteiger partial charge in [-0.25, -0.2) is 4.98 Å². The lowest BCUT2D eigenvalue weighted by molar-refractivity contribution is -0.158. The maximum atomic E-state index is 12.5. The largest absolute Gasteiger partial charge is 0.406 e. The van der Waals surface area contributed by atoms with Crippen molar-refractivity contribution in [2.45, 2.75) is 11.9 Å². The molecule has 2 aromatic heterocycles. The number of rotatable bonds is 7. The third-order valence-electron chi connectivity index (χ3n) is 2.90. The van der Waals surface area contributed by atoms with Crippen molar-refractivity contribution >= 4 is 34.0 Å². The van der Waals surface area contributed by atoms with E-state index in [0.29, 0.717) is 15.6 Å². The number of alkyl halides is 3. The Hall–Kier alpha value is -1.81. The number of halogens is 3. The topological polar surface area (TPSA) is 54.7 Å². The van der Waals surface area contributed by atoms with E-state index in [9.17, 15) is 22.8 Å². The van der Waals surface area contributed by atoms with E-state index < -0.39 is 18.6 Å². The third-order valence-corrected chi connectivity index (χ3v) is 4.61. The lowest BCUT2D eigenvalue weighted by Crippen LogP contribution is -2.40. The molecule has 24 heavy (non-hydrogen) atoms. The van der Waals surface area contributed by atoms with E-state index in [-0.39, 0.29) is 23.6 Å². The maximum absolute atomic E-state index is 12.5. The minimum atomic E-state index is -4.45. The molecule has 0 fully saturated rings. The number of fused-ring (bicyclic) bond motifs is 1. The van der Waals surface area contributed by atoms with Crippen molar-refractivity contribution in [2.75, 3.05) is 18.8 Å². The average molecular weight is 377 g/mol. The van der Waals surface area contributed by atoms with Crippen LogP contribution < -0.4 is 5.56 Å². The maximum Gasteiger partial charge on any atom is 0.406 e. The van der Waals surface area contributed by atoms with Crippen molar-refractivity contribution < 1.29 is 18.0 Å². The van der Waals surface area contributed by atoms with E-state index in [1.54, 1.807) is 11.6 Å². The van der Waals surface area contributed by atoms with Gasteiger partial charge in [-0.2, -0.15) is 13.2 Å². The molecule has 1 amide bonds. The lowest BCUT2D eigenvalue weighted by Gasteiger charge is -2.22. The van der Waals surface area contributed by atoms with Crippen LogP contribution in [0.1, 0.15) is 5.69 Å². The normalized spacial score (nSPS) is 11.6. The van der Waals surface area contributed by atoms with Gasteiger partial charge in [0.1, 0.15) is 6.54 Å². The highest BCUT2D eigenvalue weighted by Crippen LogP contribution is 2.18. The minimum absolute atomic E-state index is 0.130. The van der Waals surface area contributed by atoms with E-state index >= 15 is 0 Å². The lowest BCUT2D eigenvalue weighted by atomic mass is 10.4. The van der Waals surface area contributed by atoms with Crippen LogP contribution in [0.15, 0.2) is 35.1 Å². The quantitative estimate of drug-likeness (QED) is 0.696. The Labute approximate surface area is 143 Å². The smallest absolute Gasteiger partial charge is 0.329 e. The Morgan fingerprint density at radius 2 is 2.25 bits per heavy atom. The summed E-state index contributed by atoms with van der Waals surface area (Å²) in [6, 6.07) is 1.36. The van der Waals surface area contributed by atoms with Gasteiger partial charge < -0.3 is 4.90 Å². The predicted molar refractivity (Wildman–Crippen MR) is 88.3 cm³/mol. The van der Waals surface area contributed by atoms with Crippen LogP contribution in [0.5, 0.6) is 0 Å². The molecule has 0 N–H and O–H groups in total. The van der Waals surface area contributed by atoms with E-state index in [1.165, 1.54) is 27.9 Å². The second-order valence-electron chi connectivity index (χ2n) is 4.81. The standard InChI is InChI=1S/C14H14F3N3O2S2/c1-2-3-19(9-14(15,16)17)12(22)8-23-7-10-6-11(21)20-4-5-24-13(20)18-10/h2,4-6H,1,3,7-9H2. The summed E-state index contributed by atoms with van der Waals surface area (Å²) in [4.78, 5) is 29.2. The Morgan fingerprint density at radius 3 is 2.92 bits per heavy atom. The first-order valence-electron chi connectivity index (χ1n) is 6.79. The summed E-state index contributed by atoms with van der Waals surface area (Å²) < 4.78 is 38.8. The van der Waals surface area contributed by atoms with Crippen LogP contribution in [0.3, 0.4) is 0 Å². The van der Waals surface area contributed by atoms with Gasteiger partial charge in [-0.3, -0.25) is 14.0 Å². The molecule has 0 aliphatic rings. The van der Waals surface area contributed by atoms with E-state index in [1.807, 2.05) is 0 Å². The fourth-order valence-electron chi connectivity index (χ4n) is 1.92. The summed E-state index contributed by atoms with van der Waals surface area (Å²) in [5.74, 6) is -0.496. The number of hydrogen-bond donors (Lipinski definition) is 0. The fourth-order valence-corrected chi connectivity index (χ4v) is 3.48. The molecule has 0 aromatic carbocycles. The van der Waals surface area contributed by atoms with Crippen LogP contribution in [-0.2, 0) is 10.5 Å². The summed E-state index contributed by atoms with van der Waals surface area (Å²) in [5, 5.41) is 1.73. The average Bonchev–Trinajstić information content (AvgIpc) is 2.94. The predicted octanol–water partition coefficient (Wildman–Crippen LogP) is 2.57. The number of carbonyl (C=O) groups excluding carboxylic acids is 1. The summed E-state index contributed by atoms with van der Waals surface area (Å²) in [6.45, 7) is 1.89. The first-order chi connectivity index (χ1) is 11.3. The first-order valence-corrected chi connectivity index (χ1v) is 8.82. The zero-order chi connectivity index (χ0) is 17.7.